The number of fused-ring (bicyclic) bond motifs is 6. The molecule has 4 aliphatic carbocycles. The maximum Gasteiger partial charge on any atom is 0.408 e. The average molecular weight is 917 g/mol. The maximum atomic E-state index is 15.1. The fraction of sp³-hybridized carbons (Fsp3) is 0.688. The van der Waals surface area contributed by atoms with Crippen molar-refractivity contribution in [3.05, 3.63) is 41.6 Å². The number of nitrogens with zero attached hydrogens (tertiary/aromatic N) is 3. The second-order valence-electron chi connectivity index (χ2n) is 20.3. The summed E-state index contributed by atoms with van der Waals surface area (Å²) in [4.78, 5) is 66.5. The molecule has 6 fully saturated rings. The Balaban J connectivity index is 0.941. The molecule has 1 aromatic heterocycles. The average Bonchev–Trinajstić information content (AvgIpc) is 4.25. The molecule has 1 aromatic carbocycles. The van der Waals surface area contributed by atoms with Gasteiger partial charge in [-0.3, -0.25) is 24.0 Å². The molecule has 17 heteroatoms. The minimum Gasteiger partial charge on any atom is -0.492 e. The molecule has 16 nitrogen and oxygen atoms in total. The highest BCUT2D eigenvalue weighted by molar-refractivity contribution is 7.91. The summed E-state index contributed by atoms with van der Waals surface area (Å²) in [6.45, 7) is 8.23. The Hall–Kier alpha value is -4.48. The van der Waals surface area contributed by atoms with Crippen LogP contribution in [0.5, 0.6) is 11.5 Å². The summed E-state index contributed by atoms with van der Waals surface area (Å²) in [5, 5.41) is 6.85. The molecule has 0 radical (unpaired) electrons. The van der Waals surface area contributed by atoms with Gasteiger partial charge in [-0.25, -0.2) is 18.2 Å². The van der Waals surface area contributed by atoms with Crippen LogP contribution in [-0.4, -0.2) is 127 Å². The number of nitrogens with one attached hydrogen (secondary N) is 3. The van der Waals surface area contributed by atoms with E-state index in [-0.39, 0.29) is 25.5 Å². The van der Waals surface area contributed by atoms with Gasteiger partial charge in [0.05, 0.1) is 35.7 Å². The first-order valence-corrected chi connectivity index (χ1v) is 25.7. The normalized spacial score (nSPS) is 33.5. The number of allylic oxidation sites excluding steroid dienone is 1. The number of aryl methyl sites for hydroxylation is 2. The van der Waals surface area contributed by atoms with Gasteiger partial charge in [0, 0.05) is 42.9 Å². The first-order valence-electron chi connectivity index (χ1n) is 24.2. The molecule has 8 aliphatic rings. The summed E-state index contributed by atoms with van der Waals surface area (Å²) >= 11 is 0. The zero-order valence-corrected chi connectivity index (χ0v) is 38.6. The van der Waals surface area contributed by atoms with Crippen LogP contribution < -0.4 is 24.8 Å². The van der Waals surface area contributed by atoms with Gasteiger partial charge < -0.3 is 34.5 Å². The number of carbonyl (C=O) groups excluding carboxylic acids is 4. The lowest BCUT2D eigenvalue weighted by Crippen LogP contribution is -2.58. The summed E-state index contributed by atoms with van der Waals surface area (Å²) in [5.41, 5.74) is 0.0874. The number of amides is 4. The van der Waals surface area contributed by atoms with Crippen LogP contribution in [0.3, 0.4) is 0 Å². The van der Waals surface area contributed by atoms with E-state index >= 15 is 4.79 Å². The molecular weight excluding hydrogens is 853 g/mol. The van der Waals surface area contributed by atoms with Gasteiger partial charge in [-0.05, 0) is 114 Å². The molecule has 65 heavy (non-hydrogen) atoms. The number of ether oxygens (including phenoxy) is 4. The Bertz CT molecular complexity index is 2360. The van der Waals surface area contributed by atoms with E-state index in [0.717, 1.165) is 86.4 Å². The van der Waals surface area contributed by atoms with Gasteiger partial charge in [0.25, 0.3) is 5.91 Å². The van der Waals surface area contributed by atoms with Gasteiger partial charge in [0.15, 0.2) is 0 Å². The van der Waals surface area contributed by atoms with Crippen LogP contribution >= 0.6 is 0 Å². The lowest BCUT2D eigenvalue weighted by Gasteiger charge is -2.37. The monoisotopic (exact) mass is 916 g/mol. The van der Waals surface area contributed by atoms with E-state index in [4.69, 9.17) is 23.9 Å². The molecule has 3 N–H and O–H groups in total. The highest BCUT2D eigenvalue weighted by Crippen LogP contribution is 2.53. The lowest BCUT2D eigenvalue weighted by molar-refractivity contribution is -0.141. The zero-order valence-electron chi connectivity index (χ0n) is 37.7. The first kappa shape index (κ1) is 44.4. The number of sulfonamides is 1. The van der Waals surface area contributed by atoms with Gasteiger partial charge >= 0.3 is 6.09 Å². The van der Waals surface area contributed by atoms with E-state index in [9.17, 15) is 22.8 Å². The number of benzene rings is 1. The second kappa shape index (κ2) is 17.3. The van der Waals surface area contributed by atoms with Crippen molar-refractivity contribution in [2.24, 2.45) is 17.8 Å². The molecule has 4 amide bonds. The molecule has 352 valence electrons. The third-order valence-corrected chi connectivity index (χ3v) is 17.9. The van der Waals surface area contributed by atoms with E-state index in [0.29, 0.717) is 75.6 Å². The fourth-order valence-corrected chi connectivity index (χ4v) is 12.4. The molecule has 2 aromatic rings. The number of morpholine rings is 1. The van der Waals surface area contributed by atoms with Crippen LogP contribution in [0.15, 0.2) is 30.4 Å². The molecule has 5 heterocycles. The Kier molecular flexibility index (Phi) is 11.8. The Labute approximate surface area is 381 Å². The van der Waals surface area contributed by atoms with Crippen molar-refractivity contribution in [2.75, 3.05) is 46.0 Å². The van der Waals surface area contributed by atoms with Gasteiger partial charge in [-0.2, -0.15) is 0 Å². The molecule has 1 spiro atoms. The van der Waals surface area contributed by atoms with Crippen LogP contribution in [-0.2, 0) is 46.7 Å². The predicted molar refractivity (Wildman–Crippen MR) is 240 cm³/mol. The van der Waals surface area contributed by atoms with Crippen molar-refractivity contribution < 1.29 is 46.5 Å². The van der Waals surface area contributed by atoms with E-state index in [1.807, 2.05) is 37.3 Å². The molecular formula is C48H64N6O10S. The van der Waals surface area contributed by atoms with Crippen molar-refractivity contribution >= 4 is 44.7 Å². The number of hydrogen-bond donors (Lipinski definition) is 3. The van der Waals surface area contributed by atoms with E-state index in [1.165, 1.54) is 11.3 Å². The molecule has 8 atom stereocenters. The quantitative estimate of drug-likeness (QED) is 0.284. The third-order valence-electron chi connectivity index (χ3n) is 15.7. The Morgan fingerprint density at radius 3 is 2.60 bits per heavy atom. The molecule has 4 aliphatic heterocycles. The van der Waals surface area contributed by atoms with Crippen LogP contribution in [0, 0.1) is 17.8 Å². The zero-order chi connectivity index (χ0) is 45.1. The van der Waals surface area contributed by atoms with Crippen LogP contribution in [0.1, 0.15) is 109 Å². The number of rotatable bonds is 10. The van der Waals surface area contributed by atoms with Crippen molar-refractivity contribution in [3.8, 4) is 11.5 Å². The van der Waals surface area contributed by atoms with Gasteiger partial charge in [-0.15, -0.1) is 0 Å². The number of carbonyl (C=O) groups is 4. The lowest BCUT2D eigenvalue weighted by atomic mass is 9.87. The number of hydrogen-bond acceptors (Lipinski definition) is 12. The van der Waals surface area contributed by atoms with E-state index in [2.05, 4.69) is 20.3 Å². The van der Waals surface area contributed by atoms with Crippen molar-refractivity contribution in [1.82, 2.24) is 30.1 Å². The number of alkyl carbamates (subject to hydrolysis) is 1. The summed E-state index contributed by atoms with van der Waals surface area (Å²) in [5.74, 6) is 0.407. The fourth-order valence-electron chi connectivity index (χ4n) is 11.1. The van der Waals surface area contributed by atoms with E-state index in [1.54, 1.807) is 6.92 Å². The highest BCUT2D eigenvalue weighted by atomic mass is 32.2. The molecule has 4 saturated carbocycles. The summed E-state index contributed by atoms with van der Waals surface area (Å²) in [7, 11) is -4.00. The number of aromatic nitrogens is 1. The van der Waals surface area contributed by atoms with Crippen molar-refractivity contribution in [3.63, 3.8) is 0 Å². The van der Waals surface area contributed by atoms with Crippen LogP contribution in [0.4, 0.5) is 4.79 Å². The van der Waals surface area contributed by atoms with Crippen LogP contribution in [0.25, 0.3) is 10.9 Å². The molecule has 1 unspecified atom stereocenters. The topological polar surface area (TPSA) is 195 Å². The van der Waals surface area contributed by atoms with Crippen LogP contribution in [0.2, 0.25) is 0 Å². The van der Waals surface area contributed by atoms with E-state index < -0.39 is 67.7 Å². The smallest absolute Gasteiger partial charge is 0.408 e. The molecule has 10 rings (SSSR count). The second-order valence-corrected chi connectivity index (χ2v) is 22.5. The van der Waals surface area contributed by atoms with Gasteiger partial charge in [0.1, 0.15) is 47.4 Å². The van der Waals surface area contributed by atoms with Gasteiger partial charge in [-0.1, -0.05) is 31.9 Å². The predicted octanol–water partition coefficient (Wildman–Crippen LogP) is 4.46. The van der Waals surface area contributed by atoms with Crippen molar-refractivity contribution in [1.29, 1.82) is 0 Å². The molecule has 0 bridgehead atoms. The Morgan fingerprint density at radius 2 is 1.83 bits per heavy atom. The van der Waals surface area contributed by atoms with Gasteiger partial charge in [0.2, 0.25) is 21.8 Å². The number of pyridine rings is 1. The summed E-state index contributed by atoms with van der Waals surface area (Å²) in [6, 6.07) is 3.90. The Morgan fingerprint density at radius 1 is 1.03 bits per heavy atom. The summed E-state index contributed by atoms with van der Waals surface area (Å²) in [6.07, 6.45) is 12.1. The van der Waals surface area contributed by atoms with Crippen molar-refractivity contribution in [2.45, 2.75) is 144 Å². The highest BCUT2D eigenvalue weighted by Gasteiger charge is 2.64. The SMILES string of the molecule is CCc1nc2ccc(OCCN3CCOCC3)cc2c2c1O[C@]1(CC2)C[C@H]2C(=O)N[C@]3(C(=O)NS(=O)(=O)C4(C)CC4)C[C@H]3/C=C\CCCCC[C@H](NC(=O)OC3C[C@@H]4C[C@@H]4C3)C(=O)N2C1. The largest absolute Gasteiger partial charge is 0.492 e. The third kappa shape index (κ3) is 8.93. The minimum absolute atomic E-state index is 0.0592. The summed E-state index contributed by atoms with van der Waals surface area (Å²) < 4.78 is 52.7. The minimum atomic E-state index is -4.00. The molecule has 2 saturated heterocycles. The standard InChI is InChI=1S/C48H64N6O10S/c1-3-37-41-35(36-26-33(11-12-38(36)49-37)62-22-19-53-17-20-61-21-18-53)13-14-47(64-41)28-40-42(55)51-48(44(57)52-65(59,60)46(2)15-16-46)27-32(48)9-7-5-4-6-8-10-39(43(56)54(40)29-47)50-45(58)63-34-24-30-23-31(30)25-34/h7,9,11-12,26,30-32,34,39-40H,3-6,8,10,13-25,27-29H2,1-2H3,(H,50,58)(H,51,55)(H,52,57)/b9-7-/t30-,31+,32-,34?,39+,40+,47-,48-/m1/s1. The first-order chi connectivity index (χ1) is 31.3. The maximum absolute atomic E-state index is 15.1.